The number of anilines is 3. The van der Waals surface area contributed by atoms with Gasteiger partial charge in [0.25, 0.3) is 0 Å². The first-order chi connectivity index (χ1) is 28.0. The van der Waals surface area contributed by atoms with Crippen LogP contribution in [-0.4, -0.2) is 4.57 Å². The molecule has 1 aromatic heterocycles. The Kier molecular flexibility index (Phi) is 6.72. The van der Waals surface area contributed by atoms with E-state index in [1.54, 1.807) is 0 Å². The highest BCUT2D eigenvalue weighted by atomic mass is 15.1. The fourth-order valence-corrected chi connectivity index (χ4v) is 10.1. The van der Waals surface area contributed by atoms with Crippen molar-refractivity contribution in [1.29, 1.82) is 0 Å². The zero-order valence-electron chi connectivity index (χ0n) is 31.9. The Morgan fingerprint density at radius 3 is 1.81 bits per heavy atom. The molecule has 0 bridgehead atoms. The third-order valence-electron chi connectivity index (χ3n) is 12.7. The maximum absolute atomic E-state index is 2.48. The summed E-state index contributed by atoms with van der Waals surface area (Å²) in [5.74, 6) is 0. The van der Waals surface area contributed by atoms with Crippen molar-refractivity contribution in [1.82, 2.24) is 4.57 Å². The quantitative estimate of drug-likeness (QED) is 0.164. The van der Waals surface area contributed by atoms with E-state index >= 15 is 0 Å². The van der Waals surface area contributed by atoms with Gasteiger partial charge in [-0.2, -0.15) is 0 Å². The number of aromatic nitrogens is 1. The Hall–Kier alpha value is -7.16. The number of hydrogen-bond donors (Lipinski definition) is 0. The summed E-state index contributed by atoms with van der Waals surface area (Å²) in [5.41, 5.74) is 12.4. The highest BCUT2D eigenvalue weighted by Crippen LogP contribution is 2.51. The van der Waals surface area contributed by atoms with Gasteiger partial charge >= 0.3 is 0 Å². The molecule has 11 aromatic rings. The summed E-state index contributed by atoms with van der Waals surface area (Å²) in [5, 5.41) is 12.5. The molecule has 0 aliphatic heterocycles. The molecule has 2 nitrogen and oxygen atoms in total. The molecule has 0 amide bonds. The summed E-state index contributed by atoms with van der Waals surface area (Å²) in [7, 11) is 0. The number of para-hydroxylation sites is 2. The molecular weight excluding hydrogens is 689 g/mol. The smallest absolute Gasteiger partial charge is 0.0547 e. The summed E-state index contributed by atoms with van der Waals surface area (Å²) < 4.78 is 2.42. The van der Waals surface area contributed by atoms with Gasteiger partial charge in [0.15, 0.2) is 0 Å². The minimum absolute atomic E-state index is 0.111. The topological polar surface area (TPSA) is 8.17 Å². The minimum Gasteiger partial charge on any atom is -0.310 e. The van der Waals surface area contributed by atoms with Crippen molar-refractivity contribution in [3.05, 3.63) is 205 Å². The van der Waals surface area contributed by atoms with Crippen LogP contribution in [0.2, 0.25) is 0 Å². The molecule has 1 aliphatic rings. The Bertz CT molecular complexity index is 3440. The second-order valence-electron chi connectivity index (χ2n) is 16.1. The minimum atomic E-state index is -0.111. The zero-order chi connectivity index (χ0) is 37.8. The van der Waals surface area contributed by atoms with Crippen LogP contribution in [0.15, 0.2) is 194 Å². The lowest BCUT2D eigenvalue weighted by molar-refractivity contribution is 0.660. The predicted molar refractivity (Wildman–Crippen MR) is 243 cm³/mol. The van der Waals surface area contributed by atoms with E-state index in [1.807, 2.05) is 0 Å². The van der Waals surface area contributed by atoms with Crippen molar-refractivity contribution in [2.75, 3.05) is 4.90 Å². The van der Waals surface area contributed by atoms with E-state index in [1.165, 1.54) is 98.5 Å². The number of nitrogens with zero attached hydrogens (tertiary/aromatic N) is 2. The van der Waals surface area contributed by atoms with Crippen LogP contribution >= 0.6 is 0 Å². The number of rotatable bonds is 4. The van der Waals surface area contributed by atoms with E-state index in [0.717, 1.165) is 11.4 Å². The van der Waals surface area contributed by atoms with Crippen LogP contribution < -0.4 is 4.90 Å². The van der Waals surface area contributed by atoms with Gasteiger partial charge in [-0.05, 0) is 121 Å². The van der Waals surface area contributed by atoms with Crippen molar-refractivity contribution >= 4 is 82.0 Å². The standard InChI is InChI=1S/C55H38N2/c1-55(2)50-24-12-10-22-43(50)44-30-28-38(32-51(44)55)56(52-26-14-16-35-15-6-7-19-39(35)52)37-27-29-42-46(31-37)40-20-8-9-21-41(40)48-34-54-49(33-47(42)48)45-23-11-13-25-53(45)57(54)36-17-4-3-5-18-36/h3-34H,1-2H3. The largest absolute Gasteiger partial charge is 0.310 e. The fourth-order valence-electron chi connectivity index (χ4n) is 10.1. The lowest BCUT2D eigenvalue weighted by Crippen LogP contribution is -2.16. The van der Waals surface area contributed by atoms with Crippen molar-refractivity contribution in [3.8, 4) is 16.8 Å². The maximum Gasteiger partial charge on any atom is 0.0547 e. The lowest BCUT2D eigenvalue weighted by atomic mass is 9.82. The monoisotopic (exact) mass is 726 g/mol. The van der Waals surface area contributed by atoms with Gasteiger partial charge in [-0.1, -0.05) is 147 Å². The molecule has 0 fully saturated rings. The summed E-state index contributed by atoms with van der Waals surface area (Å²) in [4.78, 5) is 2.48. The van der Waals surface area contributed by atoms with Crippen LogP contribution in [0.25, 0.3) is 81.7 Å². The Labute approximate surface area is 331 Å². The van der Waals surface area contributed by atoms with Crippen molar-refractivity contribution in [3.63, 3.8) is 0 Å². The normalized spacial score (nSPS) is 13.2. The lowest BCUT2D eigenvalue weighted by Gasteiger charge is -2.29. The predicted octanol–water partition coefficient (Wildman–Crippen LogP) is 15.2. The van der Waals surface area contributed by atoms with Crippen LogP contribution in [0.4, 0.5) is 17.1 Å². The van der Waals surface area contributed by atoms with E-state index in [9.17, 15) is 0 Å². The Balaban J connectivity index is 1.14. The van der Waals surface area contributed by atoms with Crippen molar-refractivity contribution in [2.24, 2.45) is 0 Å². The molecule has 0 atom stereocenters. The second-order valence-corrected chi connectivity index (χ2v) is 16.1. The van der Waals surface area contributed by atoms with Crippen LogP contribution in [-0.2, 0) is 5.41 Å². The average molecular weight is 727 g/mol. The molecule has 0 N–H and O–H groups in total. The number of fused-ring (bicyclic) bond motifs is 13. The molecule has 10 aromatic carbocycles. The average Bonchev–Trinajstić information content (AvgIpc) is 3.71. The zero-order valence-corrected chi connectivity index (χ0v) is 31.9. The molecule has 0 radical (unpaired) electrons. The third-order valence-corrected chi connectivity index (χ3v) is 12.7. The molecule has 0 unspecified atom stereocenters. The van der Waals surface area contributed by atoms with Gasteiger partial charge < -0.3 is 9.47 Å². The Morgan fingerprint density at radius 1 is 0.368 bits per heavy atom. The van der Waals surface area contributed by atoms with Gasteiger partial charge in [-0.25, -0.2) is 0 Å². The van der Waals surface area contributed by atoms with Crippen LogP contribution in [0, 0.1) is 0 Å². The van der Waals surface area contributed by atoms with Gasteiger partial charge in [-0.3, -0.25) is 0 Å². The summed E-state index contributed by atoms with van der Waals surface area (Å²) in [6.45, 7) is 4.73. The van der Waals surface area contributed by atoms with E-state index in [0.29, 0.717) is 0 Å². The molecule has 0 saturated carbocycles. The first-order valence-electron chi connectivity index (χ1n) is 19.9. The molecule has 268 valence electrons. The van der Waals surface area contributed by atoms with Crippen LogP contribution in [0.5, 0.6) is 0 Å². The highest BCUT2D eigenvalue weighted by Gasteiger charge is 2.36. The maximum atomic E-state index is 2.48. The molecule has 2 heteroatoms. The molecule has 1 aliphatic carbocycles. The van der Waals surface area contributed by atoms with E-state index in [-0.39, 0.29) is 5.41 Å². The van der Waals surface area contributed by atoms with E-state index in [2.05, 4.69) is 217 Å². The molecule has 0 saturated heterocycles. The summed E-state index contributed by atoms with van der Waals surface area (Å²) in [6.07, 6.45) is 0. The highest BCUT2D eigenvalue weighted by molar-refractivity contribution is 6.29. The van der Waals surface area contributed by atoms with Gasteiger partial charge in [-0.15, -0.1) is 0 Å². The fraction of sp³-hybridized carbons (Fsp3) is 0.0545. The number of hydrogen-bond acceptors (Lipinski definition) is 1. The van der Waals surface area contributed by atoms with Crippen LogP contribution in [0.3, 0.4) is 0 Å². The SMILES string of the molecule is CC1(C)c2ccccc2-c2ccc(N(c3ccc4c(c3)c3ccccc3c3cc5c(cc43)c3ccccc3n5-c3ccccc3)c3cccc4ccccc34)cc21. The molecule has 57 heavy (non-hydrogen) atoms. The Morgan fingerprint density at radius 2 is 0.965 bits per heavy atom. The van der Waals surface area contributed by atoms with Gasteiger partial charge in [0, 0.05) is 38.6 Å². The van der Waals surface area contributed by atoms with E-state index < -0.39 is 0 Å². The van der Waals surface area contributed by atoms with Crippen molar-refractivity contribution in [2.45, 2.75) is 19.3 Å². The van der Waals surface area contributed by atoms with E-state index in [4.69, 9.17) is 0 Å². The van der Waals surface area contributed by atoms with Crippen LogP contribution in [0.1, 0.15) is 25.0 Å². The molecule has 0 spiro atoms. The van der Waals surface area contributed by atoms with Gasteiger partial charge in [0.2, 0.25) is 0 Å². The van der Waals surface area contributed by atoms with Gasteiger partial charge in [0.05, 0.1) is 16.7 Å². The molecular formula is C55H38N2. The molecule has 1 heterocycles. The second kappa shape index (κ2) is 11.9. The summed E-state index contributed by atoms with van der Waals surface area (Å²) in [6, 6.07) is 72.0. The van der Waals surface area contributed by atoms with Gasteiger partial charge in [0.1, 0.15) is 0 Å². The number of benzene rings is 10. The third kappa shape index (κ3) is 4.59. The first-order valence-corrected chi connectivity index (χ1v) is 19.9. The van der Waals surface area contributed by atoms with Crippen molar-refractivity contribution < 1.29 is 0 Å². The summed E-state index contributed by atoms with van der Waals surface area (Å²) >= 11 is 0. The molecule has 12 rings (SSSR count). The first kappa shape index (κ1) is 32.1.